The summed E-state index contributed by atoms with van der Waals surface area (Å²) >= 11 is 0. The van der Waals surface area contributed by atoms with E-state index in [0.29, 0.717) is 5.92 Å². The van der Waals surface area contributed by atoms with Gasteiger partial charge in [-0.05, 0) is 19.8 Å². The minimum Gasteiger partial charge on any atom is -0.378 e. The van der Waals surface area contributed by atoms with Gasteiger partial charge >= 0.3 is 0 Å². The number of nitrogens with zero attached hydrogens (tertiary/aromatic N) is 2. The second-order valence-electron chi connectivity index (χ2n) is 5.65. The molecule has 0 aromatic rings. The fourth-order valence-corrected chi connectivity index (χ4v) is 2.23. The number of amidine groups is 1. The molecule has 0 aliphatic carbocycles. The van der Waals surface area contributed by atoms with E-state index in [2.05, 4.69) is 18.7 Å². The first-order valence-corrected chi connectivity index (χ1v) is 7.40. The summed E-state index contributed by atoms with van der Waals surface area (Å²) in [5, 5.41) is 0. The Kier molecular flexibility index (Phi) is 7.06. The molecule has 0 bridgehead atoms. The number of ketones is 1. The van der Waals surface area contributed by atoms with Gasteiger partial charge in [0.05, 0.1) is 13.2 Å². The van der Waals surface area contributed by atoms with Crippen LogP contribution in [0, 0.1) is 11.8 Å². The lowest BCUT2D eigenvalue weighted by molar-refractivity contribution is -0.120. The third-order valence-corrected chi connectivity index (χ3v) is 3.61. The minimum atomic E-state index is 0.168. The summed E-state index contributed by atoms with van der Waals surface area (Å²) in [6.07, 6.45) is 1.93. The number of aliphatic imine (C=N–C) groups is 1. The maximum Gasteiger partial charge on any atom is 0.132 e. The van der Waals surface area contributed by atoms with Crippen molar-refractivity contribution in [3.63, 3.8) is 0 Å². The van der Waals surface area contributed by atoms with Crippen LogP contribution in [0.2, 0.25) is 0 Å². The van der Waals surface area contributed by atoms with Crippen LogP contribution in [0.1, 0.15) is 40.5 Å². The summed E-state index contributed by atoms with van der Waals surface area (Å²) in [6.45, 7) is 12.3. The fourth-order valence-electron chi connectivity index (χ4n) is 2.23. The molecule has 1 aliphatic heterocycles. The highest BCUT2D eigenvalue weighted by atomic mass is 16.5. The van der Waals surface area contributed by atoms with Crippen molar-refractivity contribution in [2.24, 2.45) is 16.8 Å². The van der Waals surface area contributed by atoms with Crippen LogP contribution in [0.3, 0.4) is 0 Å². The average Bonchev–Trinajstić information content (AvgIpc) is 2.38. The van der Waals surface area contributed by atoms with Crippen molar-refractivity contribution in [2.45, 2.75) is 40.5 Å². The summed E-state index contributed by atoms with van der Waals surface area (Å²) in [6, 6.07) is 0. The van der Waals surface area contributed by atoms with Gasteiger partial charge in [-0.1, -0.05) is 20.8 Å². The summed E-state index contributed by atoms with van der Waals surface area (Å²) in [5.41, 5.74) is 0. The molecule has 1 heterocycles. The molecule has 4 nitrogen and oxygen atoms in total. The van der Waals surface area contributed by atoms with Gasteiger partial charge in [-0.25, -0.2) is 0 Å². The summed E-state index contributed by atoms with van der Waals surface area (Å²) in [7, 11) is 0. The zero-order valence-electron chi connectivity index (χ0n) is 12.8. The number of Topliss-reactive ketones (excluding diaryl/α,β-unsaturated/α-hetero) is 1. The molecule has 0 N–H and O–H groups in total. The Morgan fingerprint density at radius 1 is 1.26 bits per heavy atom. The predicted octanol–water partition coefficient (Wildman–Crippen LogP) is 2.38. The standard InChI is InChI=1S/C15H28N2O2/c1-12(2)15(17-8-10-19-11-9-17)16-7-5-6-13(3)14(4)18/h12-13H,5-11H2,1-4H3. The molecule has 1 unspecified atom stereocenters. The van der Waals surface area contributed by atoms with Crippen LogP contribution in [-0.4, -0.2) is 49.4 Å². The Balaban J connectivity index is 2.42. The van der Waals surface area contributed by atoms with Gasteiger partial charge in [0.25, 0.3) is 0 Å². The van der Waals surface area contributed by atoms with E-state index in [1.807, 2.05) is 6.92 Å². The van der Waals surface area contributed by atoms with E-state index >= 15 is 0 Å². The molecule has 0 radical (unpaired) electrons. The van der Waals surface area contributed by atoms with Crippen LogP contribution < -0.4 is 0 Å². The van der Waals surface area contributed by atoms with Gasteiger partial charge in [-0.15, -0.1) is 0 Å². The van der Waals surface area contributed by atoms with Crippen molar-refractivity contribution in [1.29, 1.82) is 0 Å². The lowest BCUT2D eigenvalue weighted by Gasteiger charge is -2.31. The number of carbonyl (C=O) groups excluding carboxylic acids is 1. The summed E-state index contributed by atoms with van der Waals surface area (Å²) in [5.74, 6) is 2.09. The van der Waals surface area contributed by atoms with E-state index in [1.54, 1.807) is 6.92 Å². The molecule has 1 saturated heterocycles. The van der Waals surface area contributed by atoms with E-state index in [-0.39, 0.29) is 11.7 Å². The molecular formula is C15H28N2O2. The lowest BCUT2D eigenvalue weighted by Crippen LogP contribution is -2.43. The summed E-state index contributed by atoms with van der Waals surface area (Å²) < 4.78 is 5.38. The number of hydrogen-bond donors (Lipinski definition) is 0. The quantitative estimate of drug-likeness (QED) is 0.422. The topological polar surface area (TPSA) is 41.9 Å². The first-order valence-electron chi connectivity index (χ1n) is 7.40. The molecule has 0 spiro atoms. The zero-order chi connectivity index (χ0) is 14.3. The van der Waals surface area contributed by atoms with Gasteiger partial charge in [-0.2, -0.15) is 0 Å². The second kappa shape index (κ2) is 8.31. The second-order valence-corrected chi connectivity index (χ2v) is 5.65. The van der Waals surface area contributed by atoms with E-state index in [4.69, 9.17) is 9.73 Å². The SMILES string of the molecule is CC(=O)C(C)CCCN=C(C(C)C)N1CCOCC1. The smallest absolute Gasteiger partial charge is 0.132 e. The molecule has 1 aliphatic rings. The van der Waals surface area contributed by atoms with E-state index in [9.17, 15) is 4.79 Å². The average molecular weight is 268 g/mol. The van der Waals surface area contributed by atoms with Gasteiger partial charge in [0, 0.05) is 31.5 Å². The van der Waals surface area contributed by atoms with Gasteiger partial charge in [-0.3, -0.25) is 9.79 Å². The van der Waals surface area contributed by atoms with Crippen LogP contribution in [0.25, 0.3) is 0 Å². The predicted molar refractivity (Wildman–Crippen MR) is 78.6 cm³/mol. The van der Waals surface area contributed by atoms with Crippen LogP contribution in [0.5, 0.6) is 0 Å². The van der Waals surface area contributed by atoms with E-state index in [1.165, 1.54) is 5.84 Å². The van der Waals surface area contributed by atoms with Gasteiger partial charge in [0.15, 0.2) is 0 Å². The zero-order valence-corrected chi connectivity index (χ0v) is 12.8. The van der Waals surface area contributed by atoms with E-state index in [0.717, 1.165) is 45.7 Å². The van der Waals surface area contributed by atoms with Gasteiger partial charge < -0.3 is 9.64 Å². The highest BCUT2D eigenvalue weighted by molar-refractivity contribution is 5.84. The lowest BCUT2D eigenvalue weighted by atomic mass is 10.0. The van der Waals surface area contributed by atoms with Gasteiger partial charge in [0.1, 0.15) is 11.6 Å². The van der Waals surface area contributed by atoms with Crippen molar-refractivity contribution in [3.05, 3.63) is 0 Å². The minimum absolute atomic E-state index is 0.168. The van der Waals surface area contributed by atoms with Crippen molar-refractivity contribution >= 4 is 11.6 Å². The highest BCUT2D eigenvalue weighted by Gasteiger charge is 2.17. The summed E-state index contributed by atoms with van der Waals surface area (Å²) in [4.78, 5) is 18.3. The molecule has 110 valence electrons. The normalized spacial score (nSPS) is 18.8. The first kappa shape index (κ1) is 16.2. The van der Waals surface area contributed by atoms with Crippen LogP contribution in [-0.2, 0) is 9.53 Å². The molecule has 1 rings (SSSR count). The van der Waals surface area contributed by atoms with Crippen LogP contribution in [0.15, 0.2) is 4.99 Å². The van der Waals surface area contributed by atoms with Crippen molar-refractivity contribution in [1.82, 2.24) is 4.90 Å². The third-order valence-electron chi connectivity index (χ3n) is 3.61. The number of carbonyl (C=O) groups is 1. The van der Waals surface area contributed by atoms with Crippen LogP contribution >= 0.6 is 0 Å². The molecule has 0 saturated carbocycles. The molecule has 1 fully saturated rings. The number of hydrogen-bond acceptors (Lipinski definition) is 3. The molecule has 1 atom stereocenters. The van der Waals surface area contributed by atoms with Crippen LogP contribution in [0.4, 0.5) is 0 Å². The van der Waals surface area contributed by atoms with Crippen molar-refractivity contribution in [2.75, 3.05) is 32.8 Å². The molecule has 0 amide bonds. The monoisotopic (exact) mass is 268 g/mol. The number of ether oxygens (including phenoxy) is 1. The molecule has 19 heavy (non-hydrogen) atoms. The molecular weight excluding hydrogens is 240 g/mol. The van der Waals surface area contributed by atoms with Crippen molar-refractivity contribution < 1.29 is 9.53 Å². The Morgan fingerprint density at radius 2 is 1.89 bits per heavy atom. The largest absolute Gasteiger partial charge is 0.378 e. The maximum atomic E-state index is 11.2. The third kappa shape index (κ3) is 5.72. The fraction of sp³-hybridized carbons (Fsp3) is 0.867. The molecule has 4 heteroatoms. The Morgan fingerprint density at radius 3 is 2.42 bits per heavy atom. The molecule has 0 aromatic heterocycles. The van der Waals surface area contributed by atoms with E-state index < -0.39 is 0 Å². The van der Waals surface area contributed by atoms with Gasteiger partial charge in [0.2, 0.25) is 0 Å². The Labute approximate surface area is 117 Å². The number of morpholine rings is 1. The molecule has 0 aromatic carbocycles. The maximum absolute atomic E-state index is 11.2. The number of rotatable bonds is 6. The Bertz CT molecular complexity index is 307. The highest BCUT2D eigenvalue weighted by Crippen LogP contribution is 2.10. The van der Waals surface area contributed by atoms with Crippen molar-refractivity contribution in [3.8, 4) is 0 Å². The first-order chi connectivity index (χ1) is 9.02. The Hall–Kier alpha value is -0.900.